The maximum atomic E-state index is 9.00. The van der Waals surface area contributed by atoms with Crippen LogP contribution < -0.4 is 11.5 Å². The van der Waals surface area contributed by atoms with Gasteiger partial charge in [0.25, 0.3) is 0 Å². The van der Waals surface area contributed by atoms with Crippen molar-refractivity contribution in [1.82, 2.24) is 0 Å². The van der Waals surface area contributed by atoms with E-state index in [1.165, 1.54) is 0 Å². The Bertz CT molecular complexity index is 35.9. The molecule has 0 saturated carbocycles. The van der Waals surface area contributed by atoms with Crippen LogP contribution in [0.4, 0.5) is 4.79 Å². The van der Waals surface area contributed by atoms with E-state index in [-0.39, 0.29) is 13.5 Å². The van der Waals surface area contributed by atoms with Gasteiger partial charge in [0.15, 0.2) is 0 Å². The maximum Gasteiger partial charge on any atom is 0.309 e. The predicted octanol–water partition coefficient (Wildman–Crippen LogP) is -0.846. The van der Waals surface area contributed by atoms with Crippen LogP contribution in [0.3, 0.4) is 0 Å². The second-order valence-electron chi connectivity index (χ2n) is 0.402. The predicted molar refractivity (Wildman–Crippen MR) is 29.4 cm³/mol. The lowest BCUT2D eigenvalue weighted by atomic mass is 11.2. The molecule has 0 unspecified atom stereocenters. The van der Waals surface area contributed by atoms with Crippen molar-refractivity contribution in [3.63, 3.8) is 0 Å². The highest BCUT2D eigenvalue weighted by Crippen LogP contribution is 1.25. The molecule has 0 aliphatic carbocycles. The van der Waals surface area contributed by atoms with Gasteiger partial charge in [0.05, 0.1) is 0 Å². The van der Waals surface area contributed by atoms with Gasteiger partial charge in [0, 0.05) is 0 Å². The lowest BCUT2D eigenvalue weighted by molar-refractivity contribution is -0.176. The second kappa shape index (κ2) is 17.7. The van der Waals surface area contributed by atoms with Gasteiger partial charge in [-0.1, -0.05) is 0 Å². The summed E-state index contributed by atoms with van der Waals surface area (Å²) in [5.74, 6) is 0. The molecule has 7 heavy (non-hydrogen) atoms. The van der Waals surface area contributed by atoms with E-state index in [0.29, 0.717) is 0 Å². The van der Waals surface area contributed by atoms with Gasteiger partial charge in [-0.3, -0.25) is 10.5 Å². The van der Waals surface area contributed by atoms with Crippen molar-refractivity contribution >= 4 is 19.5 Å². The molecule has 0 rings (SSSR count). The van der Waals surface area contributed by atoms with E-state index in [1.54, 1.807) is 0 Å². The topological polar surface area (TPSA) is 110 Å². The van der Waals surface area contributed by atoms with Crippen molar-refractivity contribution in [2.75, 3.05) is 0 Å². The van der Waals surface area contributed by atoms with Gasteiger partial charge in [0.2, 0.25) is 0 Å². The van der Waals surface area contributed by atoms with Crippen molar-refractivity contribution in [3.8, 4) is 0 Å². The van der Waals surface area contributed by atoms with Crippen LogP contribution in [0.2, 0.25) is 0 Å². The first kappa shape index (κ1) is 16.0. The first-order chi connectivity index (χ1) is 2.73. The Morgan fingerprint density at radius 2 is 1.29 bits per heavy atom. The fourth-order valence-corrected chi connectivity index (χ4v) is 0. The number of rotatable bonds is 0. The molecule has 0 bridgehead atoms. The SMILES string of the molecule is NC(N)=O.OO.S. The van der Waals surface area contributed by atoms with Crippen LogP contribution in [0.25, 0.3) is 0 Å². The Hall–Kier alpha value is -0.460. The fraction of sp³-hybridized carbons (Fsp3) is 0. The van der Waals surface area contributed by atoms with Crippen LogP contribution in [0.1, 0.15) is 0 Å². The quantitative estimate of drug-likeness (QED) is 0.252. The van der Waals surface area contributed by atoms with Crippen LogP contribution in [-0.2, 0) is 0 Å². The third-order valence-corrected chi connectivity index (χ3v) is 0. The van der Waals surface area contributed by atoms with Gasteiger partial charge < -0.3 is 11.5 Å². The zero-order chi connectivity index (χ0) is 5.58. The Kier molecular flexibility index (Phi) is 40.5. The van der Waals surface area contributed by atoms with E-state index in [4.69, 9.17) is 15.3 Å². The summed E-state index contributed by atoms with van der Waals surface area (Å²) in [6.45, 7) is 0. The van der Waals surface area contributed by atoms with Gasteiger partial charge >= 0.3 is 6.03 Å². The molecule has 0 spiro atoms. The Morgan fingerprint density at radius 3 is 1.29 bits per heavy atom. The molecule has 46 valence electrons. The summed E-state index contributed by atoms with van der Waals surface area (Å²) in [4.78, 5) is 9.00. The number of carbonyl (C=O) groups is 1. The largest absolute Gasteiger partial charge is 0.352 e. The molecule has 0 saturated heterocycles. The van der Waals surface area contributed by atoms with Crippen LogP contribution in [0, 0.1) is 0 Å². The molecular formula is CH8N2O3S. The van der Waals surface area contributed by atoms with Gasteiger partial charge in [-0.25, -0.2) is 4.79 Å². The summed E-state index contributed by atoms with van der Waals surface area (Å²) in [6, 6.07) is -0.833. The third-order valence-electron chi connectivity index (χ3n) is 0. The standard InChI is InChI=1S/CH4N2O.H2O2.H2S/c2-1(3)4;1-2;/h(H4,2,3,4);1-2H;1H2. The van der Waals surface area contributed by atoms with Crippen molar-refractivity contribution < 1.29 is 15.3 Å². The maximum absolute atomic E-state index is 9.00. The lowest BCUT2D eigenvalue weighted by Crippen LogP contribution is -2.18. The van der Waals surface area contributed by atoms with E-state index in [1.807, 2.05) is 0 Å². The molecule has 0 aromatic rings. The number of carbonyl (C=O) groups excluding carboxylic acids is 1. The molecule has 0 aliphatic heterocycles. The van der Waals surface area contributed by atoms with Crippen molar-refractivity contribution in [2.45, 2.75) is 0 Å². The van der Waals surface area contributed by atoms with E-state index < -0.39 is 6.03 Å². The van der Waals surface area contributed by atoms with Gasteiger partial charge in [0.1, 0.15) is 0 Å². The normalized spacial score (nSPS) is 4.29. The van der Waals surface area contributed by atoms with Crippen LogP contribution >= 0.6 is 13.5 Å². The highest BCUT2D eigenvalue weighted by atomic mass is 32.1. The number of hydrogen-bond acceptors (Lipinski definition) is 3. The molecule has 0 aromatic carbocycles. The molecule has 0 aromatic heterocycles. The van der Waals surface area contributed by atoms with E-state index in [9.17, 15) is 0 Å². The highest BCUT2D eigenvalue weighted by molar-refractivity contribution is 7.59. The Labute approximate surface area is 47.3 Å². The van der Waals surface area contributed by atoms with Crippen LogP contribution in [-0.4, -0.2) is 16.5 Å². The molecule has 0 aliphatic rings. The first-order valence-electron chi connectivity index (χ1n) is 0.981. The molecular weight excluding hydrogens is 120 g/mol. The molecule has 6 N–H and O–H groups in total. The van der Waals surface area contributed by atoms with Crippen LogP contribution in [0.5, 0.6) is 0 Å². The van der Waals surface area contributed by atoms with Crippen molar-refractivity contribution in [3.05, 3.63) is 0 Å². The molecule has 2 amide bonds. The second-order valence-corrected chi connectivity index (χ2v) is 0.402. The molecule has 0 fully saturated rings. The van der Waals surface area contributed by atoms with Crippen molar-refractivity contribution in [1.29, 1.82) is 0 Å². The van der Waals surface area contributed by atoms with Gasteiger partial charge in [-0.05, 0) is 0 Å². The summed E-state index contributed by atoms with van der Waals surface area (Å²) in [6.07, 6.45) is 0. The Morgan fingerprint density at radius 1 is 1.29 bits per heavy atom. The third kappa shape index (κ3) is 328. The average Bonchev–Trinajstić information content (AvgIpc) is 1.41. The number of amides is 2. The number of hydrogen-bond donors (Lipinski definition) is 4. The fourth-order valence-electron chi connectivity index (χ4n) is 0. The smallest absolute Gasteiger partial charge is 0.309 e. The lowest BCUT2D eigenvalue weighted by Gasteiger charge is -1.62. The van der Waals surface area contributed by atoms with E-state index >= 15 is 0 Å². The van der Waals surface area contributed by atoms with Gasteiger partial charge in [-0.15, -0.1) is 0 Å². The summed E-state index contributed by atoms with van der Waals surface area (Å²) in [7, 11) is 0. The minimum Gasteiger partial charge on any atom is -0.352 e. The zero-order valence-electron chi connectivity index (χ0n) is 3.46. The molecule has 0 heterocycles. The molecule has 6 heteroatoms. The molecule has 0 atom stereocenters. The minimum absolute atomic E-state index is 0. The van der Waals surface area contributed by atoms with E-state index in [2.05, 4.69) is 11.5 Å². The minimum atomic E-state index is -0.833. The molecule has 0 radical (unpaired) electrons. The average molecular weight is 128 g/mol. The number of urea groups is 1. The van der Waals surface area contributed by atoms with Crippen molar-refractivity contribution in [2.24, 2.45) is 11.5 Å². The number of nitrogens with two attached hydrogens (primary N) is 2. The monoisotopic (exact) mass is 128 g/mol. The first-order valence-corrected chi connectivity index (χ1v) is 0.981. The van der Waals surface area contributed by atoms with E-state index in [0.717, 1.165) is 0 Å². The summed E-state index contributed by atoms with van der Waals surface area (Å²) in [5.41, 5.74) is 8.50. The summed E-state index contributed by atoms with van der Waals surface area (Å²) >= 11 is 0. The number of primary amides is 2. The molecule has 5 nitrogen and oxygen atoms in total. The van der Waals surface area contributed by atoms with Gasteiger partial charge in [-0.2, -0.15) is 13.5 Å². The summed E-state index contributed by atoms with van der Waals surface area (Å²) in [5, 5.41) is 12.0. The highest BCUT2D eigenvalue weighted by Gasteiger charge is 1.60. The van der Waals surface area contributed by atoms with Crippen LogP contribution in [0.15, 0.2) is 0 Å². The zero-order valence-corrected chi connectivity index (χ0v) is 4.46. The summed E-state index contributed by atoms with van der Waals surface area (Å²) < 4.78 is 0. The Balaban J connectivity index is -0.0000000480.